The Morgan fingerprint density at radius 1 is 1.30 bits per heavy atom. The number of nitrogens with zero attached hydrogens (tertiary/aromatic N) is 2. The Bertz CT molecular complexity index is 727. The van der Waals surface area contributed by atoms with Crippen LogP contribution in [-0.4, -0.2) is 34.5 Å². The molecule has 2 N–H and O–H groups in total. The van der Waals surface area contributed by atoms with Crippen molar-refractivity contribution in [2.75, 3.05) is 13.1 Å². The monoisotopic (exact) mass is 353 g/mol. The van der Waals surface area contributed by atoms with Gasteiger partial charge >= 0.3 is 0 Å². The molecular formula is C17H21Cl2N3O. The Labute approximate surface area is 147 Å². The Hall–Kier alpha value is -1.49. The van der Waals surface area contributed by atoms with E-state index in [9.17, 15) is 4.79 Å². The fraction of sp³-hybridized carbons (Fsp3) is 0.353. The summed E-state index contributed by atoms with van der Waals surface area (Å²) in [6, 6.07) is 9.70. The van der Waals surface area contributed by atoms with Gasteiger partial charge in [0, 0.05) is 41.2 Å². The minimum atomic E-state index is 0. The molecule has 0 saturated carbocycles. The van der Waals surface area contributed by atoms with Crippen LogP contribution < -0.4 is 5.73 Å². The van der Waals surface area contributed by atoms with Gasteiger partial charge in [-0.2, -0.15) is 0 Å². The molecule has 1 aromatic heterocycles. The summed E-state index contributed by atoms with van der Waals surface area (Å²) in [6.07, 6.45) is 0.874. The van der Waals surface area contributed by atoms with Crippen LogP contribution in [0.4, 0.5) is 0 Å². The lowest BCUT2D eigenvalue weighted by atomic mass is 10.2. The maximum atomic E-state index is 12.7. The summed E-state index contributed by atoms with van der Waals surface area (Å²) in [6.45, 7) is 5.35. The third kappa shape index (κ3) is 3.39. The molecule has 1 aromatic carbocycles. The summed E-state index contributed by atoms with van der Waals surface area (Å²) < 4.78 is 2.06. The van der Waals surface area contributed by atoms with Gasteiger partial charge in [-0.15, -0.1) is 12.4 Å². The molecule has 0 spiro atoms. The average Bonchev–Trinajstić information content (AvgIpc) is 3.02. The first-order valence-electron chi connectivity index (χ1n) is 7.47. The molecule has 23 heavy (non-hydrogen) atoms. The minimum Gasteiger partial charge on any atom is -0.337 e. The zero-order valence-corrected chi connectivity index (χ0v) is 14.8. The second-order valence-electron chi connectivity index (χ2n) is 5.90. The highest BCUT2D eigenvalue weighted by Crippen LogP contribution is 2.24. The van der Waals surface area contributed by atoms with Gasteiger partial charge in [-0.05, 0) is 44.5 Å². The average molecular weight is 354 g/mol. The summed E-state index contributed by atoms with van der Waals surface area (Å²) in [4.78, 5) is 14.6. The molecule has 0 unspecified atom stereocenters. The van der Waals surface area contributed by atoms with Crippen molar-refractivity contribution < 1.29 is 4.79 Å². The van der Waals surface area contributed by atoms with Crippen LogP contribution in [0.2, 0.25) is 5.02 Å². The molecule has 0 radical (unpaired) electrons. The molecule has 2 heterocycles. The van der Waals surface area contributed by atoms with Crippen molar-refractivity contribution in [2.24, 2.45) is 5.73 Å². The smallest absolute Gasteiger partial charge is 0.255 e. The lowest BCUT2D eigenvalue weighted by Crippen LogP contribution is -2.32. The Kier molecular flexibility index (Phi) is 5.40. The van der Waals surface area contributed by atoms with E-state index in [1.54, 1.807) is 0 Å². The molecule has 1 aliphatic rings. The van der Waals surface area contributed by atoms with Crippen LogP contribution in [0.15, 0.2) is 30.3 Å². The number of hydrogen-bond acceptors (Lipinski definition) is 2. The molecular weight excluding hydrogens is 333 g/mol. The summed E-state index contributed by atoms with van der Waals surface area (Å²) in [5.41, 5.74) is 9.58. The molecule has 1 atom stereocenters. The molecule has 2 aromatic rings. The first-order valence-corrected chi connectivity index (χ1v) is 7.85. The van der Waals surface area contributed by atoms with E-state index in [-0.39, 0.29) is 24.4 Å². The highest BCUT2D eigenvalue weighted by Gasteiger charge is 2.27. The van der Waals surface area contributed by atoms with Gasteiger partial charge in [-0.3, -0.25) is 4.79 Å². The van der Waals surface area contributed by atoms with Gasteiger partial charge in [0.15, 0.2) is 0 Å². The number of carbonyl (C=O) groups is 1. The van der Waals surface area contributed by atoms with E-state index in [4.69, 9.17) is 17.3 Å². The normalized spacial score (nSPS) is 17.2. The van der Waals surface area contributed by atoms with Gasteiger partial charge < -0.3 is 15.2 Å². The lowest BCUT2D eigenvalue weighted by molar-refractivity contribution is 0.0790. The van der Waals surface area contributed by atoms with Gasteiger partial charge in [-0.1, -0.05) is 17.7 Å². The largest absolute Gasteiger partial charge is 0.337 e. The number of amides is 1. The molecule has 124 valence electrons. The van der Waals surface area contributed by atoms with Gasteiger partial charge in [0.1, 0.15) is 0 Å². The van der Waals surface area contributed by atoms with Gasteiger partial charge in [0.2, 0.25) is 0 Å². The lowest BCUT2D eigenvalue weighted by Gasteiger charge is -2.16. The fourth-order valence-electron chi connectivity index (χ4n) is 3.13. The number of hydrogen-bond donors (Lipinski definition) is 1. The van der Waals surface area contributed by atoms with Crippen molar-refractivity contribution in [3.05, 3.63) is 52.3 Å². The van der Waals surface area contributed by atoms with Gasteiger partial charge in [0.25, 0.3) is 5.91 Å². The quantitative estimate of drug-likeness (QED) is 0.899. The summed E-state index contributed by atoms with van der Waals surface area (Å²) >= 11 is 6.09. The van der Waals surface area contributed by atoms with Crippen molar-refractivity contribution in [2.45, 2.75) is 26.3 Å². The number of likely N-dealkylation sites (tertiary alicyclic amines) is 1. The van der Waals surface area contributed by atoms with Crippen LogP contribution in [0, 0.1) is 13.8 Å². The van der Waals surface area contributed by atoms with Crippen LogP contribution in [0.25, 0.3) is 5.69 Å². The minimum absolute atomic E-state index is 0. The highest BCUT2D eigenvalue weighted by molar-refractivity contribution is 6.30. The second kappa shape index (κ2) is 6.95. The van der Waals surface area contributed by atoms with Crippen LogP contribution in [0.5, 0.6) is 0 Å². The highest BCUT2D eigenvalue weighted by atomic mass is 35.5. The van der Waals surface area contributed by atoms with E-state index in [1.807, 2.05) is 49.1 Å². The molecule has 1 saturated heterocycles. The third-order valence-electron chi connectivity index (χ3n) is 4.24. The van der Waals surface area contributed by atoms with E-state index >= 15 is 0 Å². The molecule has 6 heteroatoms. The molecule has 1 fully saturated rings. The number of halogens is 2. The summed E-state index contributed by atoms with van der Waals surface area (Å²) in [5, 5.41) is 0.684. The van der Waals surface area contributed by atoms with Crippen LogP contribution in [0.3, 0.4) is 0 Å². The van der Waals surface area contributed by atoms with Crippen molar-refractivity contribution in [3.63, 3.8) is 0 Å². The van der Waals surface area contributed by atoms with E-state index in [0.717, 1.165) is 35.6 Å². The summed E-state index contributed by atoms with van der Waals surface area (Å²) in [7, 11) is 0. The van der Waals surface area contributed by atoms with E-state index in [0.29, 0.717) is 11.6 Å². The summed E-state index contributed by atoms with van der Waals surface area (Å²) in [5.74, 6) is 0.0642. The van der Waals surface area contributed by atoms with Crippen molar-refractivity contribution in [3.8, 4) is 5.69 Å². The Balaban J connectivity index is 0.00000192. The topological polar surface area (TPSA) is 51.3 Å². The maximum Gasteiger partial charge on any atom is 0.255 e. The Morgan fingerprint density at radius 2 is 2.04 bits per heavy atom. The van der Waals surface area contributed by atoms with Crippen molar-refractivity contribution in [1.29, 1.82) is 0 Å². The number of nitrogens with two attached hydrogens (primary N) is 1. The second-order valence-corrected chi connectivity index (χ2v) is 6.34. The van der Waals surface area contributed by atoms with Crippen LogP contribution in [-0.2, 0) is 0 Å². The molecule has 0 aliphatic carbocycles. The number of aryl methyl sites for hydroxylation is 1. The standard InChI is InChI=1S/C17H20ClN3O.ClH/c1-11-8-16(17(22)20-7-6-14(19)10-20)12(2)21(11)15-5-3-4-13(18)9-15;/h3-5,8-9,14H,6-7,10,19H2,1-2H3;1H/t14-;/m1./s1. The van der Waals surface area contributed by atoms with Crippen molar-refractivity contribution >= 4 is 29.9 Å². The molecule has 0 bridgehead atoms. The molecule has 1 aliphatic heterocycles. The van der Waals surface area contributed by atoms with Crippen molar-refractivity contribution in [1.82, 2.24) is 9.47 Å². The Morgan fingerprint density at radius 3 is 2.65 bits per heavy atom. The first-order chi connectivity index (χ1) is 10.5. The predicted octanol–water partition coefficient (Wildman–Crippen LogP) is 3.34. The maximum absolute atomic E-state index is 12.7. The van der Waals surface area contributed by atoms with E-state index in [1.165, 1.54) is 0 Å². The predicted molar refractivity (Wildman–Crippen MR) is 96.0 cm³/mol. The zero-order chi connectivity index (χ0) is 15.9. The number of rotatable bonds is 2. The van der Waals surface area contributed by atoms with Gasteiger partial charge in [-0.25, -0.2) is 0 Å². The van der Waals surface area contributed by atoms with Gasteiger partial charge in [0.05, 0.1) is 5.56 Å². The number of benzene rings is 1. The first kappa shape index (κ1) is 17.9. The van der Waals surface area contributed by atoms with Crippen LogP contribution >= 0.6 is 24.0 Å². The fourth-order valence-corrected chi connectivity index (χ4v) is 3.32. The zero-order valence-electron chi connectivity index (χ0n) is 13.3. The molecule has 1 amide bonds. The van der Waals surface area contributed by atoms with E-state index in [2.05, 4.69) is 4.57 Å². The third-order valence-corrected chi connectivity index (χ3v) is 4.47. The van der Waals surface area contributed by atoms with Crippen LogP contribution in [0.1, 0.15) is 28.2 Å². The molecule has 3 rings (SSSR count). The SMILES string of the molecule is Cc1cc(C(=O)N2CC[C@@H](N)C2)c(C)n1-c1cccc(Cl)c1.Cl. The number of carbonyl (C=O) groups excluding carboxylic acids is 1. The number of aromatic nitrogens is 1. The molecule has 4 nitrogen and oxygen atoms in total. The van der Waals surface area contributed by atoms with E-state index < -0.39 is 0 Å².